The van der Waals surface area contributed by atoms with E-state index in [1.165, 1.54) is 4.90 Å². The molecule has 1 unspecified atom stereocenters. The van der Waals surface area contributed by atoms with Crippen molar-refractivity contribution in [1.29, 1.82) is 0 Å². The lowest BCUT2D eigenvalue weighted by Gasteiger charge is -2.41. The van der Waals surface area contributed by atoms with Crippen LogP contribution in [-0.4, -0.2) is 46.3 Å². The standard InChI is InChI=1S/C24H29N3O4/c25-13-7-6-12-19(26)23(29)22-18-11-5-4-10-17(18)15-20(24(30)31)27(22)21(28)14-16-8-2-1-3-9-16/h1-5,8-11,19-20,22H,6-7,12-15,25-26H2,(H,30,31)/t19?,20-,22-/m0/s1. The molecule has 0 fully saturated rings. The first-order chi connectivity index (χ1) is 14.9. The Balaban J connectivity index is 1.98. The molecular weight excluding hydrogens is 394 g/mol. The number of nitrogens with two attached hydrogens (primary N) is 2. The molecule has 31 heavy (non-hydrogen) atoms. The van der Waals surface area contributed by atoms with E-state index < -0.39 is 30.0 Å². The fourth-order valence-corrected chi connectivity index (χ4v) is 4.15. The summed E-state index contributed by atoms with van der Waals surface area (Å²) >= 11 is 0. The van der Waals surface area contributed by atoms with Crippen LogP contribution in [-0.2, 0) is 27.2 Å². The van der Waals surface area contributed by atoms with Crippen molar-refractivity contribution in [3.8, 4) is 0 Å². The van der Waals surface area contributed by atoms with Crippen molar-refractivity contribution < 1.29 is 19.5 Å². The zero-order chi connectivity index (χ0) is 22.4. The highest BCUT2D eigenvalue weighted by atomic mass is 16.4. The second-order valence-corrected chi connectivity index (χ2v) is 7.92. The number of hydrogen-bond donors (Lipinski definition) is 3. The highest BCUT2D eigenvalue weighted by molar-refractivity contribution is 5.96. The number of amides is 1. The van der Waals surface area contributed by atoms with Gasteiger partial charge in [0.2, 0.25) is 5.91 Å². The Kier molecular flexibility index (Phi) is 7.55. The SMILES string of the molecule is NCCCCC(N)C(=O)[C@@H]1c2ccccc2C[C@@H](C(=O)O)N1C(=O)Cc1ccccc1. The molecule has 0 bridgehead atoms. The molecule has 0 saturated heterocycles. The zero-order valence-electron chi connectivity index (χ0n) is 17.4. The van der Waals surface area contributed by atoms with Crippen molar-refractivity contribution >= 4 is 17.7 Å². The fraction of sp³-hybridized carbons (Fsp3) is 0.375. The third-order valence-corrected chi connectivity index (χ3v) is 5.75. The van der Waals surface area contributed by atoms with Gasteiger partial charge in [-0.15, -0.1) is 0 Å². The van der Waals surface area contributed by atoms with Gasteiger partial charge in [-0.1, -0.05) is 61.0 Å². The van der Waals surface area contributed by atoms with E-state index in [4.69, 9.17) is 11.5 Å². The number of aliphatic carboxylic acids is 1. The maximum Gasteiger partial charge on any atom is 0.326 e. The van der Waals surface area contributed by atoms with Gasteiger partial charge in [-0.3, -0.25) is 9.59 Å². The molecule has 2 aromatic carbocycles. The number of carbonyl (C=O) groups excluding carboxylic acids is 2. The number of ketones is 1. The van der Waals surface area contributed by atoms with Crippen LogP contribution in [0.2, 0.25) is 0 Å². The Morgan fingerprint density at radius 2 is 1.71 bits per heavy atom. The lowest BCUT2D eigenvalue weighted by molar-refractivity contribution is -0.155. The highest BCUT2D eigenvalue weighted by Gasteiger charge is 2.45. The molecule has 3 atom stereocenters. The van der Waals surface area contributed by atoms with Crippen LogP contribution in [0.25, 0.3) is 0 Å². The Labute approximate surface area is 182 Å². The van der Waals surface area contributed by atoms with Crippen molar-refractivity contribution in [1.82, 2.24) is 4.90 Å². The van der Waals surface area contributed by atoms with Crippen LogP contribution in [0.1, 0.15) is 42.0 Å². The van der Waals surface area contributed by atoms with E-state index in [-0.39, 0.29) is 18.6 Å². The molecule has 2 aromatic rings. The second-order valence-electron chi connectivity index (χ2n) is 7.92. The van der Waals surface area contributed by atoms with Crippen LogP contribution in [0.3, 0.4) is 0 Å². The summed E-state index contributed by atoms with van der Waals surface area (Å²) < 4.78 is 0. The molecule has 1 aliphatic rings. The van der Waals surface area contributed by atoms with Crippen LogP contribution in [0, 0.1) is 0 Å². The fourth-order valence-electron chi connectivity index (χ4n) is 4.15. The molecule has 5 N–H and O–H groups in total. The molecule has 7 heteroatoms. The minimum Gasteiger partial charge on any atom is -0.480 e. The molecule has 0 aliphatic carbocycles. The van der Waals surface area contributed by atoms with Crippen molar-refractivity contribution in [2.45, 2.75) is 50.2 Å². The number of carboxylic acid groups (broad SMARTS) is 1. The molecule has 3 rings (SSSR count). The first kappa shape index (κ1) is 22.7. The molecule has 7 nitrogen and oxygen atoms in total. The molecule has 164 valence electrons. The van der Waals surface area contributed by atoms with E-state index in [2.05, 4.69) is 0 Å². The van der Waals surface area contributed by atoms with Crippen LogP contribution in [0.5, 0.6) is 0 Å². The van der Waals surface area contributed by atoms with E-state index in [1.54, 1.807) is 24.3 Å². The Morgan fingerprint density at radius 3 is 2.39 bits per heavy atom. The van der Waals surface area contributed by atoms with Crippen molar-refractivity contribution in [2.24, 2.45) is 11.5 Å². The van der Waals surface area contributed by atoms with Gasteiger partial charge in [-0.05, 0) is 36.1 Å². The van der Waals surface area contributed by atoms with Gasteiger partial charge in [-0.25, -0.2) is 4.79 Å². The summed E-state index contributed by atoms with van der Waals surface area (Å²) in [4.78, 5) is 40.2. The number of unbranched alkanes of at least 4 members (excludes halogenated alkanes) is 1. The topological polar surface area (TPSA) is 127 Å². The maximum atomic E-state index is 13.4. The van der Waals surface area contributed by atoms with Crippen LogP contribution >= 0.6 is 0 Å². The van der Waals surface area contributed by atoms with Crippen LogP contribution in [0.15, 0.2) is 54.6 Å². The van der Waals surface area contributed by atoms with E-state index in [0.717, 1.165) is 17.5 Å². The third-order valence-electron chi connectivity index (χ3n) is 5.75. The molecule has 1 amide bonds. The van der Waals surface area contributed by atoms with E-state index in [0.29, 0.717) is 24.9 Å². The number of hydrogen-bond acceptors (Lipinski definition) is 5. The van der Waals surface area contributed by atoms with Crippen molar-refractivity contribution in [2.75, 3.05) is 6.54 Å². The molecule has 0 aromatic heterocycles. The molecule has 0 radical (unpaired) electrons. The van der Waals surface area contributed by atoms with E-state index >= 15 is 0 Å². The van der Waals surface area contributed by atoms with E-state index in [1.807, 2.05) is 30.3 Å². The smallest absolute Gasteiger partial charge is 0.326 e. The van der Waals surface area contributed by atoms with Gasteiger partial charge in [0.1, 0.15) is 12.1 Å². The molecule has 1 heterocycles. The van der Waals surface area contributed by atoms with Gasteiger partial charge in [0.15, 0.2) is 5.78 Å². The third kappa shape index (κ3) is 5.18. The summed E-state index contributed by atoms with van der Waals surface area (Å²) in [7, 11) is 0. The summed E-state index contributed by atoms with van der Waals surface area (Å²) in [5.74, 6) is -1.87. The zero-order valence-corrected chi connectivity index (χ0v) is 17.4. The van der Waals surface area contributed by atoms with Crippen molar-refractivity contribution in [3.05, 3.63) is 71.3 Å². The van der Waals surface area contributed by atoms with Gasteiger partial charge < -0.3 is 21.5 Å². The summed E-state index contributed by atoms with van der Waals surface area (Å²) in [6, 6.07) is 13.3. The second kappa shape index (κ2) is 10.3. The largest absolute Gasteiger partial charge is 0.480 e. The van der Waals surface area contributed by atoms with Crippen LogP contribution in [0.4, 0.5) is 0 Å². The maximum absolute atomic E-state index is 13.4. The van der Waals surface area contributed by atoms with Gasteiger partial charge in [0.25, 0.3) is 0 Å². The summed E-state index contributed by atoms with van der Waals surface area (Å²) in [5, 5.41) is 9.91. The lowest BCUT2D eigenvalue weighted by atomic mass is 9.83. The molecule has 0 spiro atoms. The van der Waals surface area contributed by atoms with Crippen molar-refractivity contribution in [3.63, 3.8) is 0 Å². The van der Waals surface area contributed by atoms with Gasteiger partial charge in [-0.2, -0.15) is 0 Å². The first-order valence-electron chi connectivity index (χ1n) is 10.6. The number of benzene rings is 2. The number of rotatable bonds is 9. The lowest BCUT2D eigenvalue weighted by Crippen LogP contribution is -2.56. The van der Waals surface area contributed by atoms with E-state index in [9.17, 15) is 19.5 Å². The number of nitrogens with zero attached hydrogens (tertiary/aromatic N) is 1. The average Bonchev–Trinajstić information content (AvgIpc) is 2.77. The summed E-state index contributed by atoms with van der Waals surface area (Å²) in [6.45, 7) is 0.510. The number of fused-ring (bicyclic) bond motifs is 1. The van der Waals surface area contributed by atoms with Gasteiger partial charge in [0, 0.05) is 6.42 Å². The summed E-state index contributed by atoms with van der Waals surface area (Å²) in [6.07, 6.45) is 2.04. The first-order valence-corrected chi connectivity index (χ1v) is 10.6. The quantitative estimate of drug-likeness (QED) is 0.528. The average molecular weight is 424 g/mol. The Hall–Kier alpha value is -3.03. The number of Topliss-reactive ketones (excluding diaryl/α,β-unsaturated/α-hetero) is 1. The minimum absolute atomic E-state index is 0.0129. The van der Waals surface area contributed by atoms with Gasteiger partial charge in [0.05, 0.1) is 12.5 Å². The predicted octanol–water partition coefficient (Wildman–Crippen LogP) is 1.83. The molecular formula is C24H29N3O4. The Bertz CT molecular complexity index is 931. The number of carboxylic acids is 1. The summed E-state index contributed by atoms with van der Waals surface area (Å²) in [5.41, 5.74) is 13.9. The highest BCUT2D eigenvalue weighted by Crippen LogP contribution is 2.35. The molecule has 0 saturated carbocycles. The number of carbonyl (C=O) groups is 3. The normalized spacial score (nSPS) is 18.8. The minimum atomic E-state index is -1.13. The Morgan fingerprint density at radius 1 is 1.03 bits per heavy atom. The monoisotopic (exact) mass is 423 g/mol. The predicted molar refractivity (Wildman–Crippen MR) is 117 cm³/mol. The van der Waals surface area contributed by atoms with Crippen LogP contribution < -0.4 is 11.5 Å². The molecule has 1 aliphatic heterocycles. The van der Waals surface area contributed by atoms with Gasteiger partial charge >= 0.3 is 5.97 Å².